The third kappa shape index (κ3) is 5.44. The van der Waals surface area contributed by atoms with Gasteiger partial charge in [0.1, 0.15) is 11.8 Å². The van der Waals surface area contributed by atoms with E-state index in [1.807, 2.05) is 0 Å². The van der Waals surface area contributed by atoms with Gasteiger partial charge in [0.05, 0.1) is 6.10 Å². The number of ether oxygens (including phenoxy) is 1. The number of alkyl halides is 3. The van der Waals surface area contributed by atoms with Gasteiger partial charge in [-0.05, 0) is 30.7 Å². The summed E-state index contributed by atoms with van der Waals surface area (Å²) >= 11 is 0. The number of benzene rings is 2. The SMILES string of the molecule is C[C@@H](O)[C@H](NC(=O)c1ccc(-c2ccccc2OC(F)(F)F)cc1)C(=O)NO. The highest BCUT2D eigenvalue weighted by molar-refractivity contribution is 5.98. The standard InChI is InChI=1S/C18H17F3N2O5/c1-10(24)15(17(26)23-27)22-16(25)12-8-6-11(7-9-12)13-4-2-3-5-14(13)28-18(19,20)21/h2-10,15,24,27H,1H3,(H,22,25)(H,23,26)/t10-,15+/m1/s1. The van der Waals surface area contributed by atoms with Gasteiger partial charge in [-0.2, -0.15) is 0 Å². The molecule has 0 aliphatic rings. The van der Waals surface area contributed by atoms with Crippen LogP contribution in [0.2, 0.25) is 0 Å². The van der Waals surface area contributed by atoms with Gasteiger partial charge in [0.25, 0.3) is 11.8 Å². The van der Waals surface area contributed by atoms with Crippen LogP contribution in [0.15, 0.2) is 48.5 Å². The lowest BCUT2D eigenvalue weighted by atomic mass is 10.0. The molecule has 7 nitrogen and oxygen atoms in total. The van der Waals surface area contributed by atoms with Crippen LogP contribution in [0.25, 0.3) is 11.1 Å². The number of amides is 2. The average molecular weight is 398 g/mol. The summed E-state index contributed by atoms with van der Waals surface area (Å²) in [7, 11) is 0. The molecule has 0 radical (unpaired) electrons. The van der Waals surface area contributed by atoms with Gasteiger partial charge >= 0.3 is 6.36 Å². The van der Waals surface area contributed by atoms with Gasteiger partial charge in [-0.3, -0.25) is 14.8 Å². The van der Waals surface area contributed by atoms with Crippen molar-refractivity contribution in [2.75, 3.05) is 0 Å². The number of hydroxylamine groups is 1. The number of carbonyl (C=O) groups is 2. The van der Waals surface area contributed by atoms with Crippen LogP contribution in [0.1, 0.15) is 17.3 Å². The Labute approximate surface area is 157 Å². The first-order valence-electron chi connectivity index (χ1n) is 8.00. The summed E-state index contributed by atoms with van der Waals surface area (Å²) in [5.41, 5.74) is 1.98. The maximum absolute atomic E-state index is 12.5. The van der Waals surface area contributed by atoms with Crippen molar-refractivity contribution in [3.05, 3.63) is 54.1 Å². The van der Waals surface area contributed by atoms with Crippen molar-refractivity contribution in [1.29, 1.82) is 0 Å². The Kier molecular flexibility index (Phi) is 6.60. The topological polar surface area (TPSA) is 108 Å². The van der Waals surface area contributed by atoms with Crippen molar-refractivity contribution in [3.63, 3.8) is 0 Å². The van der Waals surface area contributed by atoms with E-state index >= 15 is 0 Å². The molecule has 0 unspecified atom stereocenters. The lowest BCUT2D eigenvalue weighted by molar-refractivity contribution is -0.274. The summed E-state index contributed by atoms with van der Waals surface area (Å²) in [6.07, 6.45) is -6.12. The number of para-hydroxylation sites is 1. The molecule has 150 valence electrons. The zero-order chi connectivity index (χ0) is 20.9. The van der Waals surface area contributed by atoms with Gasteiger partial charge in [0, 0.05) is 11.1 Å². The van der Waals surface area contributed by atoms with Crippen LogP contribution < -0.4 is 15.5 Å². The van der Waals surface area contributed by atoms with Crippen LogP contribution >= 0.6 is 0 Å². The summed E-state index contributed by atoms with van der Waals surface area (Å²) in [5, 5.41) is 20.4. The van der Waals surface area contributed by atoms with E-state index in [1.54, 1.807) is 6.07 Å². The van der Waals surface area contributed by atoms with Gasteiger partial charge in [-0.1, -0.05) is 30.3 Å². The van der Waals surface area contributed by atoms with E-state index in [0.717, 1.165) is 0 Å². The lowest BCUT2D eigenvalue weighted by Gasteiger charge is -2.19. The monoisotopic (exact) mass is 398 g/mol. The highest BCUT2D eigenvalue weighted by Crippen LogP contribution is 2.33. The Bertz CT molecular complexity index is 838. The van der Waals surface area contributed by atoms with Crippen LogP contribution in [-0.4, -0.2) is 40.6 Å². The van der Waals surface area contributed by atoms with Crippen molar-refractivity contribution in [2.24, 2.45) is 0 Å². The predicted molar refractivity (Wildman–Crippen MR) is 91.4 cm³/mol. The molecule has 10 heteroatoms. The fourth-order valence-electron chi connectivity index (χ4n) is 2.42. The van der Waals surface area contributed by atoms with Crippen LogP contribution in [0.4, 0.5) is 13.2 Å². The normalized spacial score (nSPS) is 13.4. The maximum Gasteiger partial charge on any atom is 0.573 e. The van der Waals surface area contributed by atoms with Gasteiger partial charge in [0.2, 0.25) is 0 Å². The Morgan fingerprint density at radius 1 is 1.07 bits per heavy atom. The first-order chi connectivity index (χ1) is 13.1. The van der Waals surface area contributed by atoms with E-state index in [4.69, 9.17) is 5.21 Å². The molecule has 0 saturated carbocycles. The molecular formula is C18H17F3N2O5. The minimum atomic E-state index is -4.85. The summed E-state index contributed by atoms with van der Waals surface area (Å²) in [6, 6.07) is 9.66. The number of rotatable bonds is 6. The number of aliphatic hydroxyl groups is 1. The average Bonchev–Trinajstić information content (AvgIpc) is 2.64. The highest BCUT2D eigenvalue weighted by atomic mass is 19.4. The fourth-order valence-corrected chi connectivity index (χ4v) is 2.42. The van der Waals surface area contributed by atoms with E-state index in [9.17, 15) is 27.9 Å². The molecular weight excluding hydrogens is 381 g/mol. The van der Waals surface area contributed by atoms with Crippen LogP contribution in [0.5, 0.6) is 5.75 Å². The van der Waals surface area contributed by atoms with Crippen molar-refractivity contribution >= 4 is 11.8 Å². The molecule has 0 heterocycles. The van der Waals surface area contributed by atoms with Crippen LogP contribution in [0.3, 0.4) is 0 Å². The number of carbonyl (C=O) groups excluding carboxylic acids is 2. The van der Waals surface area contributed by atoms with Gasteiger partial charge < -0.3 is 15.2 Å². The third-order valence-corrected chi connectivity index (χ3v) is 3.73. The molecule has 2 rings (SSSR count). The van der Waals surface area contributed by atoms with Gasteiger partial charge in [-0.25, -0.2) is 5.48 Å². The van der Waals surface area contributed by atoms with E-state index in [0.29, 0.717) is 5.56 Å². The molecule has 2 aromatic rings. The van der Waals surface area contributed by atoms with Crippen molar-refractivity contribution < 1.29 is 37.8 Å². The first-order valence-corrected chi connectivity index (χ1v) is 8.00. The van der Waals surface area contributed by atoms with E-state index < -0.39 is 30.3 Å². The minimum absolute atomic E-state index is 0.0920. The zero-order valence-corrected chi connectivity index (χ0v) is 14.5. The number of hydrogen-bond donors (Lipinski definition) is 4. The molecule has 4 N–H and O–H groups in total. The second-order valence-corrected chi connectivity index (χ2v) is 5.79. The molecule has 2 aromatic carbocycles. The largest absolute Gasteiger partial charge is 0.573 e. The van der Waals surface area contributed by atoms with Crippen LogP contribution in [0, 0.1) is 0 Å². The minimum Gasteiger partial charge on any atom is -0.405 e. The second-order valence-electron chi connectivity index (χ2n) is 5.79. The quantitative estimate of drug-likeness (QED) is 0.441. The maximum atomic E-state index is 12.5. The van der Waals surface area contributed by atoms with Crippen LogP contribution in [-0.2, 0) is 4.79 Å². The summed E-state index contributed by atoms with van der Waals surface area (Å²) in [6.45, 7) is 1.25. The summed E-state index contributed by atoms with van der Waals surface area (Å²) in [4.78, 5) is 23.7. The Balaban J connectivity index is 2.22. The predicted octanol–water partition coefficient (Wildman–Crippen LogP) is 2.24. The Morgan fingerprint density at radius 2 is 1.68 bits per heavy atom. The number of halogens is 3. The van der Waals surface area contributed by atoms with Gasteiger partial charge in [0.15, 0.2) is 0 Å². The van der Waals surface area contributed by atoms with Crippen molar-refractivity contribution in [1.82, 2.24) is 10.8 Å². The molecule has 28 heavy (non-hydrogen) atoms. The summed E-state index contributed by atoms with van der Waals surface area (Å²) < 4.78 is 41.6. The Morgan fingerprint density at radius 3 is 2.21 bits per heavy atom. The molecule has 0 spiro atoms. The molecule has 0 aliphatic heterocycles. The number of nitrogens with one attached hydrogen (secondary N) is 2. The molecule has 2 amide bonds. The number of aliphatic hydroxyl groups excluding tert-OH is 1. The highest BCUT2D eigenvalue weighted by Gasteiger charge is 2.32. The lowest BCUT2D eigenvalue weighted by Crippen LogP contribution is -2.51. The molecule has 2 atom stereocenters. The first kappa shape index (κ1) is 21.2. The molecule has 0 bridgehead atoms. The smallest absolute Gasteiger partial charge is 0.405 e. The molecule has 0 aliphatic carbocycles. The third-order valence-electron chi connectivity index (χ3n) is 3.73. The van der Waals surface area contributed by atoms with Gasteiger partial charge in [-0.15, -0.1) is 13.2 Å². The summed E-state index contributed by atoms with van der Waals surface area (Å²) in [5.74, 6) is -2.11. The second kappa shape index (κ2) is 8.72. The van der Waals surface area contributed by atoms with Crippen molar-refractivity contribution in [3.8, 4) is 16.9 Å². The fraction of sp³-hybridized carbons (Fsp3) is 0.222. The molecule has 0 aromatic heterocycles. The Hall–Kier alpha value is -3.11. The zero-order valence-electron chi connectivity index (χ0n) is 14.5. The molecule has 0 saturated heterocycles. The van der Waals surface area contributed by atoms with E-state index in [2.05, 4.69) is 10.1 Å². The van der Waals surface area contributed by atoms with Crippen molar-refractivity contribution in [2.45, 2.75) is 25.4 Å². The van der Waals surface area contributed by atoms with E-state index in [-0.39, 0.29) is 16.9 Å². The van der Waals surface area contributed by atoms with E-state index in [1.165, 1.54) is 54.9 Å². The number of hydrogen-bond acceptors (Lipinski definition) is 5. The molecule has 0 fully saturated rings.